The fraction of sp³-hybridized carbons (Fsp3) is 0.438. The quantitative estimate of drug-likeness (QED) is 0.911. The van der Waals surface area contributed by atoms with E-state index in [2.05, 4.69) is 35.3 Å². The molecule has 1 saturated carbocycles. The van der Waals surface area contributed by atoms with Gasteiger partial charge in [0.25, 0.3) is 0 Å². The van der Waals surface area contributed by atoms with Crippen LogP contribution in [0.2, 0.25) is 0 Å². The smallest absolute Gasteiger partial charge is 0.140 e. The summed E-state index contributed by atoms with van der Waals surface area (Å²) >= 11 is 0. The number of nitrogens with one attached hydrogen (secondary N) is 1. The summed E-state index contributed by atoms with van der Waals surface area (Å²) in [6, 6.07) is 6.52. The molecule has 1 N–H and O–H groups in total. The van der Waals surface area contributed by atoms with Crippen molar-refractivity contribution in [1.29, 1.82) is 5.26 Å². The molecule has 0 amide bonds. The molecule has 1 aliphatic carbocycles. The molecule has 0 bridgehead atoms. The molecular formula is C16H19N5. The summed E-state index contributed by atoms with van der Waals surface area (Å²) in [6.45, 7) is 5.73. The van der Waals surface area contributed by atoms with E-state index in [-0.39, 0.29) is 0 Å². The van der Waals surface area contributed by atoms with Crippen molar-refractivity contribution in [2.75, 3.05) is 0 Å². The summed E-state index contributed by atoms with van der Waals surface area (Å²) < 4.78 is 2.01. The lowest BCUT2D eigenvalue weighted by molar-refractivity contribution is 0.651. The molecule has 2 aromatic rings. The predicted octanol–water partition coefficient (Wildman–Crippen LogP) is 2.07. The number of hydrogen-bond acceptors (Lipinski definition) is 4. The van der Waals surface area contributed by atoms with E-state index in [4.69, 9.17) is 5.26 Å². The van der Waals surface area contributed by atoms with Gasteiger partial charge in [-0.1, -0.05) is 0 Å². The van der Waals surface area contributed by atoms with Crippen LogP contribution in [0.15, 0.2) is 18.3 Å². The van der Waals surface area contributed by atoms with Crippen molar-refractivity contribution in [2.24, 2.45) is 0 Å². The molecule has 0 radical (unpaired) electrons. The van der Waals surface area contributed by atoms with Gasteiger partial charge in [-0.3, -0.25) is 4.68 Å². The van der Waals surface area contributed by atoms with E-state index in [9.17, 15) is 0 Å². The van der Waals surface area contributed by atoms with Crippen LogP contribution in [0.25, 0.3) is 0 Å². The number of pyridine rings is 1. The summed E-state index contributed by atoms with van der Waals surface area (Å²) in [7, 11) is 0. The number of rotatable bonds is 5. The van der Waals surface area contributed by atoms with E-state index in [1.807, 2.05) is 16.8 Å². The maximum absolute atomic E-state index is 8.92. The minimum Gasteiger partial charge on any atom is -0.310 e. The molecule has 5 heteroatoms. The molecule has 0 aliphatic heterocycles. The summed E-state index contributed by atoms with van der Waals surface area (Å²) in [6.07, 6.45) is 4.26. The Kier molecular flexibility index (Phi) is 3.72. The first-order chi connectivity index (χ1) is 10.2. The van der Waals surface area contributed by atoms with Gasteiger partial charge < -0.3 is 5.32 Å². The highest BCUT2D eigenvalue weighted by Gasteiger charge is 2.21. The molecule has 3 rings (SSSR count). The predicted molar refractivity (Wildman–Crippen MR) is 79.6 cm³/mol. The largest absolute Gasteiger partial charge is 0.310 e. The first-order valence-electron chi connectivity index (χ1n) is 7.28. The van der Waals surface area contributed by atoms with Crippen molar-refractivity contribution in [2.45, 2.75) is 45.8 Å². The van der Waals surface area contributed by atoms with Crippen molar-refractivity contribution < 1.29 is 0 Å². The first kappa shape index (κ1) is 13.8. The average molecular weight is 281 g/mol. The maximum Gasteiger partial charge on any atom is 0.140 e. The molecule has 21 heavy (non-hydrogen) atoms. The molecule has 0 aromatic carbocycles. The molecule has 2 heterocycles. The molecule has 0 saturated heterocycles. The number of nitriles is 1. The van der Waals surface area contributed by atoms with E-state index in [0.717, 1.165) is 17.8 Å². The van der Waals surface area contributed by atoms with Crippen LogP contribution in [0.1, 0.15) is 41.1 Å². The standard InChI is InChI=1S/C16H19N5/c1-11-16(9-19-14-3-4-14)12(2)21(20-11)10-13-5-6-18-15(7-13)8-17/h5-7,14,19H,3-4,9-10H2,1-2H3. The molecular weight excluding hydrogens is 262 g/mol. The molecule has 2 aromatic heterocycles. The molecule has 108 valence electrons. The van der Waals surface area contributed by atoms with Crippen LogP contribution in [-0.2, 0) is 13.1 Å². The van der Waals surface area contributed by atoms with Crippen molar-refractivity contribution >= 4 is 0 Å². The van der Waals surface area contributed by atoms with E-state index >= 15 is 0 Å². The van der Waals surface area contributed by atoms with Gasteiger partial charge in [0.05, 0.1) is 12.2 Å². The third-order valence-electron chi connectivity index (χ3n) is 3.95. The highest BCUT2D eigenvalue weighted by atomic mass is 15.3. The Hall–Kier alpha value is -2.19. The second-order valence-electron chi connectivity index (χ2n) is 5.62. The zero-order valence-corrected chi connectivity index (χ0v) is 12.4. The second-order valence-corrected chi connectivity index (χ2v) is 5.62. The van der Waals surface area contributed by atoms with Crippen molar-refractivity contribution in [1.82, 2.24) is 20.1 Å². The Bertz CT molecular complexity index is 691. The van der Waals surface area contributed by atoms with E-state index in [0.29, 0.717) is 18.3 Å². The molecule has 1 fully saturated rings. The zero-order valence-electron chi connectivity index (χ0n) is 12.4. The van der Waals surface area contributed by atoms with Crippen LogP contribution in [0.3, 0.4) is 0 Å². The van der Waals surface area contributed by atoms with Crippen LogP contribution < -0.4 is 5.32 Å². The Morgan fingerprint density at radius 3 is 2.95 bits per heavy atom. The third-order valence-corrected chi connectivity index (χ3v) is 3.95. The monoisotopic (exact) mass is 281 g/mol. The van der Waals surface area contributed by atoms with Crippen molar-refractivity contribution in [3.8, 4) is 6.07 Å². The van der Waals surface area contributed by atoms with Crippen LogP contribution in [0.4, 0.5) is 0 Å². The zero-order chi connectivity index (χ0) is 14.8. The summed E-state index contributed by atoms with van der Waals surface area (Å²) in [5, 5.41) is 17.1. The van der Waals surface area contributed by atoms with Crippen LogP contribution >= 0.6 is 0 Å². The minimum atomic E-state index is 0.449. The molecule has 0 spiro atoms. The Morgan fingerprint density at radius 1 is 1.43 bits per heavy atom. The molecule has 1 aliphatic rings. The highest BCUT2D eigenvalue weighted by molar-refractivity contribution is 5.28. The topological polar surface area (TPSA) is 66.5 Å². The lowest BCUT2D eigenvalue weighted by Gasteiger charge is -2.06. The van der Waals surface area contributed by atoms with Gasteiger partial charge in [0.15, 0.2) is 0 Å². The van der Waals surface area contributed by atoms with Gasteiger partial charge >= 0.3 is 0 Å². The van der Waals surface area contributed by atoms with Crippen molar-refractivity contribution in [3.05, 3.63) is 46.5 Å². The number of nitrogens with zero attached hydrogens (tertiary/aromatic N) is 4. The van der Waals surface area contributed by atoms with Crippen LogP contribution in [0.5, 0.6) is 0 Å². The Morgan fingerprint density at radius 2 is 2.24 bits per heavy atom. The van der Waals surface area contributed by atoms with E-state index in [1.165, 1.54) is 24.1 Å². The first-order valence-corrected chi connectivity index (χ1v) is 7.28. The Labute approximate surface area is 124 Å². The van der Waals surface area contributed by atoms with Gasteiger partial charge in [-0.25, -0.2) is 4.98 Å². The number of aryl methyl sites for hydroxylation is 1. The van der Waals surface area contributed by atoms with E-state index in [1.54, 1.807) is 6.20 Å². The lowest BCUT2D eigenvalue weighted by Crippen LogP contribution is -2.16. The lowest BCUT2D eigenvalue weighted by atomic mass is 10.2. The summed E-state index contributed by atoms with van der Waals surface area (Å²) in [5.41, 5.74) is 5.06. The third kappa shape index (κ3) is 3.11. The van der Waals surface area contributed by atoms with Crippen LogP contribution in [0, 0.1) is 25.2 Å². The molecule has 0 atom stereocenters. The van der Waals surface area contributed by atoms with Gasteiger partial charge in [-0.15, -0.1) is 0 Å². The normalized spacial score (nSPS) is 14.1. The number of hydrogen-bond donors (Lipinski definition) is 1. The highest BCUT2D eigenvalue weighted by Crippen LogP contribution is 2.21. The summed E-state index contributed by atoms with van der Waals surface area (Å²) in [5.74, 6) is 0. The van der Waals surface area contributed by atoms with E-state index < -0.39 is 0 Å². The van der Waals surface area contributed by atoms with Gasteiger partial charge in [0.1, 0.15) is 11.8 Å². The molecule has 0 unspecified atom stereocenters. The average Bonchev–Trinajstić information content (AvgIpc) is 3.27. The van der Waals surface area contributed by atoms with Crippen LogP contribution in [-0.4, -0.2) is 20.8 Å². The number of aromatic nitrogens is 3. The maximum atomic E-state index is 8.92. The summed E-state index contributed by atoms with van der Waals surface area (Å²) in [4.78, 5) is 4.00. The fourth-order valence-electron chi connectivity index (χ4n) is 2.48. The van der Waals surface area contributed by atoms with Gasteiger partial charge in [0.2, 0.25) is 0 Å². The van der Waals surface area contributed by atoms with Gasteiger partial charge in [-0.2, -0.15) is 10.4 Å². The van der Waals surface area contributed by atoms with Gasteiger partial charge in [-0.05, 0) is 44.4 Å². The minimum absolute atomic E-state index is 0.449. The SMILES string of the molecule is Cc1nn(Cc2ccnc(C#N)c2)c(C)c1CNC1CC1. The Balaban J connectivity index is 1.78. The van der Waals surface area contributed by atoms with Gasteiger partial charge in [0, 0.05) is 30.0 Å². The molecule has 5 nitrogen and oxygen atoms in total. The second kappa shape index (κ2) is 5.66. The fourth-order valence-corrected chi connectivity index (χ4v) is 2.48. The van der Waals surface area contributed by atoms with Crippen molar-refractivity contribution in [3.63, 3.8) is 0 Å².